The predicted octanol–water partition coefficient (Wildman–Crippen LogP) is 2.32. The van der Waals surface area contributed by atoms with Crippen LogP contribution < -0.4 is 4.74 Å². The Bertz CT molecular complexity index is 349. The molecule has 0 bridgehead atoms. The Kier molecular flexibility index (Phi) is 5.52. The van der Waals surface area contributed by atoms with Gasteiger partial charge in [0.05, 0.1) is 12.4 Å². The third kappa shape index (κ3) is 4.46. The molecule has 1 aromatic heterocycles. The molecule has 0 amide bonds. The quantitative estimate of drug-likeness (QED) is 0.757. The van der Waals surface area contributed by atoms with Crippen LogP contribution in [0.2, 0.25) is 0 Å². The van der Waals surface area contributed by atoms with E-state index in [-0.39, 0.29) is 0 Å². The summed E-state index contributed by atoms with van der Waals surface area (Å²) in [6, 6.07) is 0. The van der Waals surface area contributed by atoms with E-state index in [4.69, 9.17) is 9.84 Å². The highest BCUT2D eigenvalue weighted by atomic mass is 16.5. The molecule has 17 heavy (non-hydrogen) atoms. The van der Waals surface area contributed by atoms with Gasteiger partial charge in [0, 0.05) is 6.54 Å². The number of nitrogens with zero attached hydrogens (tertiary/aromatic N) is 2. The zero-order valence-corrected chi connectivity index (χ0v) is 10.4. The molecule has 1 unspecified atom stereocenters. The topological polar surface area (TPSA) is 64.4 Å². The fraction of sp³-hybridized carbons (Fsp3) is 0.667. The van der Waals surface area contributed by atoms with Crippen molar-refractivity contribution >= 4 is 5.97 Å². The summed E-state index contributed by atoms with van der Waals surface area (Å²) in [4.78, 5) is 11.0. The molecule has 1 heterocycles. The van der Waals surface area contributed by atoms with Gasteiger partial charge >= 0.3 is 5.97 Å². The summed E-state index contributed by atoms with van der Waals surface area (Å²) >= 11 is 0. The lowest BCUT2D eigenvalue weighted by molar-refractivity contribution is -0.145. The highest BCUT2D eigenvalue weighted by Crippen LogP contribution is 2.14. The van der Waals surface area contributed by atoms with Crippen molar-refractivity contribution in [3.05, 3.63) is 12.4 Å². The van der Waals surface area contributed by atoms with Crippen molar-refractivity contribution in [1.82, 2.24) is 9.78 Å². The van der Waals surface area contributed by atoms with E-state index in [2.05, 4.69) is 12.0 Å². The molecule has 0 saturated heterocycles. The Hall–Kier alpha value is -1.52. The second-order valence-electron chi connectivity index (χ2n) is 4.03. The summed E-state index contributed by atoms with van der Waals surface area (Å²) < 4.78 is 7.18. The van der Waals surface area contributed by atoms with Gasteiger partial charge in [-0.3, -0.25) is 4.68 Å². The maximum atomic E-state index is 11.0. The molecule has 0 aliphatic heterocycles. The van der Waals surface area contributed by atoms with Crippen molar-refractivity contribution < 1.29 is 14.6 Å². The first-order valence-electron chi connectivity index (χ1n) is 6.09. The Labute approximate surface area is 101 Å². The maximum absolute atomic E-state index is 11.0. The van der Waals surface area contributed by atoms with Gasteiger partial charge in [-0.15, -0.1) is 0 Å². The van der Waals surface area contributed by atoms with Gasteiger partial charge in [-0.25, -0.2) is 4.79 Å². The zero-order chi connectivity index (χ0) is 12.7. The van der Waals surface area contributed by atoms with Crippen molar-refractivity contribution in [2.75, 3.05) is 0 Å². The molecule has 0 radical (unpaired) electrons. The number of aliphatic carboxylic acids is 1. The first-order chi connectivity index (χ1) is 8.17. The van der Waals surface area contributed by atoms with E-state index in [1.54, 1.807) is 17.1 Å². The molecule has 5 nitrogen and oxygen atoms in total. The van der Waals surface area contributed by atoms with Crippen LogP contribution in [0.3, 0.4) is 0 Å². The van der Waals surface area contributed by atoms with Crippen molar-refractivity contribution in [2.45, 2.75) is 52.2 Å². The number of hydrogen-bond donors (Lipinski definition) is 1. The molecule has 0 aliphatic carbocycles. The van der Waals surface area contributed by atoms with Crippen molar-refractivity contribution in [3.8, 4) is 5.75 Å². The standard InChI is InChI=1S/C12H20N2O3/c1-3-5-6-11(12(15)16)17-10-8-13-14(9-10)7-4-2/h8-9,11H,3-7H2,1-2H3,(H,15,16). The van der Waals surface area contributed by atoms with Gasteiger partial charge in [0.25, 0.3) is 0 Å². The number of carbonyl (C=O) groups is 1. The highest BCUT2D eigenvalue weighted by Gasteiger charge is 2.19. The van der Waals surface area contributed by atoms with Gasteiger partial charge in [0.1, 0.15) is 0 Å². The van der Waals surface area contributed by atoms with Crippen molar-refractivity contribution in [2.24, 2.45) is 0 Å². The number of unbranched alkanes of at least 4 members (excludes halogenated alkanes) is 1. The molecule has 1 N–H and O–H groups in total. The van der Waals surface area contributed by atoms with E-state index in [9.17, 15) is 4.79 Å². The first-order valence-corrected chi connectivity index (χ1v) is 6.09. The smallest absolute Gasteiger partial charge is 0.344 e. The minimum atomic E-state index is -0.915. The summed E-state index contributed by atoms with van der Waals surface area (Å²) in [5.74, 6) is -0.386. The van der Waals surface area contributed by atoms with Crippen LogP contribution in [0, 0.1) is 0 Å². The predicted molar refractivity (Wildman–Crippen MR) is 64.1 cm³/mol. The largest absolute Gasteiger partial charge is 0.479 e. The molecule has 5 heteroatoms. The summed E-state index contributed by atoms with van der Waals surface area (Å²) in [7, 11) is 0. The molecule has 96 valence electrons. The van der Waals surface area contributed by atoms with Crippen LogP contribution in [0.4, 0.5) is 0 Å². The van der Waals surface area contributed by atoms with Gasteiger partial charge in [-0.1, -0.05) is 20.3 Å². The molecule has 1 rings (SSSR count). The monoisotopic (exact) mass is 240 g/mol. The fourth-order valence-corrected chi connectivity index (χ4v) is 1.54. The van der Waals surface area contributed by atoms with E-state index < -0.39 is 12.1 Å². The second kappa shape index (κ2) is 6.93. The van der Waals surface area contributed by atoms with Crippen LogP contribution in [0.1, 0.15) is 39.5 Å². The number of aromatic nitrogens is 2. The maximum Gasteiger partial charge on any atom is 0.344 e. The number of hydrogen-bond acceptors (Lipinski definition) is 3. The molecule has 1 aromatic rings. The van der Waals surface area contributed by atoms with Crippen LogP contribution in [-0.2, 0) is 11.3 Å². The van der Waals surface area contributed by atoms with E-state index >= 15 is 0 Å². The zero-order valence-electron chi connectivity index (χ0n) is 10.4. The second-order valence-corrected chi connectivity index (χ2v) is 4.03. The Morgan fingerprint density at radius 3 is 2.88 bits per heavy atom. The molecule has 0 fully saturated rings. The summed E-state index contributed by atoms with van der Waals surface area (Å²) in [6.07, 6.45) is 5.87. The van der Waals surface area contributed by atoms with Crippen molar-refractivity contribution in [1.29, 1.82) is 0 Å². The third-order valence-corrected chi connectivity index (χ3v) is 2.44. The lowest BCUT2D eigenvalue weighted by Gasteiger charge is -2.12. The average Bonchev–Trinajstić information content (AvgIpc) is 2.72. The fourth-order valence-electron chi connectivity index (χ4n) is 1.54. The normalized spacial score (nSPS) is 12.4. The van der Waals surface area contributed by atoms with Crippen LogP contribution in [0.15, 0.2) is 12.4 Å². The molecular weight excluding hydrogens is 220 g/mol. The minimum Gasteiger partial charge on any atom is -0.479 e. The van der Waals surface area contributed by atoms with E-state index in [0.29, 0.717) is 12.2 Å². The van der Waals surface area contributed by atoms with Gasteiger partial charge in [0.2, 0.25) is 0 Å². The molecule has 1 atom stereocenters. The number of ether oxygens (including phenoxy) is 1. The highest BCUT2D eigenvalue weighted by molar-refractivity contribution is 5.72. The van der Waals surface area contributed by atoms with Crippen LogP contribution in [0.5, 0.6) is 5.75 Å². The van der Waals surface area contributed by atoms with Gasteiger partial charge in [-0.05, 0) is 19.3 Å². The number of carboxylic acid groups (broad SMARTS) is 1. The summed E-state index contributed by atoms with van der Waals surface area (Å²) in [5, 5.41) is 13.1. The van der Waals surface area contributed by atoms with Crippen LogP contribution in [0.25, 0.3) is 0 Å². The third-order valence-electron chi connectivity index (χ3n) is 2.44. The average molecular weight is 240 g/mol. The lowest BCUT2D eigenvalue weighted by atomic mass is 10.1. The summed E-state index contributed by atoms with van der Waals surface area (Å²) in [5.41, 5.74) is 0. The minimum absolute atomic E-state index is 0.530. The Balaban J connectivity index is 2.55. The van der Waals surface area contributed by atoms with Gasteiger partial charge in [0.15, 0.2) is 11.9 Å². The molecule has 0 aliphatic rings. The molecule has 0 aromatic carbocycles. The number of carboxylic acids is 1. The van der Waals surface area contributed by atoms with E-state index in [0.717, 1.165) is 25.8 Å². The molecular formula is C12H20N2O3. The van der Waals surface area contributed by atoms with Crippen LogP contribution in [-0.4, -0.2) is 27.0 Å². The van der Waals surface area contributed by atoms with E-state index in [1.165, 1.54) is 0 Å². The number of rotatable bonds is 8. The first kappa shape index (κ1) is 13.5. The lowest BCUT2D eigenvalue weighted by Crippen LogP contribution is -2.26. The van der Waals surface area contributed by atoms with Crippen molar-refractivity contribution in [3.63, 3.8) is 0 Å². The van der Waals surface area contributed by atoms with Gasteiger partial charge < -0.3 is 9.84 Å². The van der Waals surface area contributed by atoms with Gasteiger partial charge in [-0.2, -0.15) is 5.10 Å². The number of aryl methyl sites for hydroxylation is 1. The Morgan fingerprint density at radius 2 is 2.29 bits per heavy atom. The Morgan fingerprint density at radius 1 is 1.53 bits per heavy atom. The molecule has 0 saturated carbocycles. The SMILES string of the molecule is CCCCC(Oc1cnn(CCC)c1)C(=O)O. The summed E-state index contributed by atoms with van der Waals surface area (Å²) in [6.45, 7) is 4.90. The molecule has 0 spiro atoms. The van der Waals surface area contributed by atoms with E-state index in [1.807, 2.05) is 6.92 Å². The van der Waals surface area contributed by atoms with Crippen LogP contribution >= 0.6 is 0 Å².